The zero-order chi connectivity index (χ0) is 51.3. The highest BCUT2D eigenvalue weighted by atomic mass is 35.5. The first-order chi connectivity index (χ1) is 35.1. The molecule has 21 heteroatoms. The Morgan fingerprint density at radius 1 is 0.616 bits per heavy atom. The Labute approximate surface area is 432 Å². The van der Waals surface area contributed by atoms with Gasteiger partial charge >= 0.3 is 12.1 Å². The average molecular weight is 1040 g/mol. The van der Waals surface area contributed by atoms with E-state index in [1.54, 1.807) is 34.8 Å². The lowest BCUT2D eigenvalue weighted by Gasteiger charge is -2.12. The van der Waals surface area contributed by atoms with E-state index in [4.69, 9.17) is 45.2 Å². The number of hydrogen-bond donors (Lipinski definition) is 6. The maximum atomic E-state index is 12.4. The van der Waals surface area contributed by atoms with Crippen LogP contribution in [0.2, 0.25) is 0 Å². The lowest BCUT2D eigenvalue weighted by molar-refractivity contribution is 0.261. The van der Waals surface area contributed by atoms with E-state index in [1.807, 2.05) is 139 Å². The predicted octanol–water partition coefficient (Wildman–Crippen LogP) is 11.9. The van der Waals surface area contributed by atoms with Gasteiger partial charge in [0, 0.05) is 70.9 Å². The molecule has 0 bridgehead atoms. The van der Waals surface area contributed by atoms with Crippen molar-refractivity contribution in [2.24, 2.45) is 0 Å². The van der Waals surface area contributed by atoms with Crippen molar-refractivity contribution in [3.05, 3.63) is 121 Å². The zero-order valence-electron chi connectivity index (χ0n) is 40.9. The molecule has 10 aromatic rings. The van der Waals surface area contributed by atoms with Crippen LogP contribution in [0.1, 0.15) is 53.1 Å². The highest BCUT2D eigenvalue weighted by molar-refractivity contribution is 7.24. The first-order valence-corrected chi connectivity index (χ1v) is 25.5. The summed E-state index contributed by atoms with van der Waals surface area (Å²) in [5.74, 6) is 4.18. The largest absolute Gasteiger partial charge is 0.492 e. The highest BCUT2D eigenvalue weighted by Crippen LogP contribution is 2.34. The minimum Gasteiger partial charge on any atom is -0.492 e. The van der Waals surface area contributed by atoms with Gasteiger partial charge in [-0.1, -0.05) is 98.8 Å². The minimum absolute atomic E-state index is 0.116. The number of carbonyl (C=O) groups is 2. The molecule has 0 saturated heterocycles. The summed E-state index contributed by atoms with van der Waals surface area (Å²) < 4.78 is 28.4. The van der Waals surface area contributed by atoms with E-state index >= 15 is 0 Å². The second-order valence-corrected chi connectivity index (χ2v) is 21.2. The highest BCUT2D eigenvalue weighted by Gasteiger charge is 2.22. The number of alkyl halides is 1. The Hall–Kier alpha value is -7.49. The van der Waals surface area contributed by atoms with Crippen LogP contribution >= 0.6 is 34.3 Å². The van der Waals surface area contributed by atoms with Gasteiger partial charge in [0.05, 0.1) is 44.3 Å². The number of carbonyl (C=O) groups excluding carboxylic acids is 2. The molecular weight excluding hydrogens is 990 g/mol. The predicted molar refractivity (Wildman–Crippen MR) is 289 cm³/mol. The van der Waals surface area contributed by atoms with Crippen LogP contribution in [0.25, 0.3) is 52.9 Å². The van der Waals surface area contributed by atoms with E-state index in [9.17, 15) is 9.59 Å². The number of rotatable bonds is 15. The van der Waals surface area contributed by atoms with Crippen LogP contribution in [0.4, 0.5) is 32.6 Å². The van der Waals surface area contributed by atoms with Gasteiger partial charge < -0.3 is 39.6 Å². The molecule has 0 saturated carbocycles. The molecule has 6 heterocycles. The number of halogens is 1. The monoisotopic (exact) mass is 1040 g/mol. The molecule has 0 aliphatic carbocycles. The first kappa shape index (κ1) is 50.5. The minimum atomic E-state index is -0.398. The number of urea groups is 2. The van der Waals surface area contributed by atoms with Gasteiger partial charge in [-0.15, -0.1) is 11.6 Å². The van der Waals surface area contributed by atoms with Gasteiger partial charge in [-0.2, -0.15) is 0 Å². The summed E-state index contributed by atoms with van der Waals surface area (Å²) in [7, 11) is 0. The summed E-state index contributed by atoms with van der Waals surface area (Å²) in [4.78, 5) is 36.1. The van der Waals surface area contributed by atoms with E-state index in [-0.39, 0.29) is 17.4 Å². The first-order valence-electron chi connectivity index (χ1n) is 23.4. The summed E-state index contributed by atoms with van der Waals surface area (Å²) in [6.45, 7) is 14.4. The summed E-state index contributed by atoms with van der Waals surface area (Å²) in [5, 5.41) is 30.7. The molecular formula is C52H54ClN11O7S2. The van der Waals surface area contributed by atoms with Crippen LogP contribution in [-0.2, 0) is 10.8 Å². The van der Waals surface area contributed by atoms with Gasteiger partial charge in [0.2, 0.25) is 0 Å². The Morgan fingerprint density at radius 2 is 1.07 bits per heavy atom. The van der Waals surface area contributed by atoms with Gasteiger partial charge in [-0.25, -0.2) is 19.6 Å². The molecule has 0 spiro atoms. The van der Waals surface area contributed by atoms with Crippen LogP contribution < -0.4 is 36.1 Å². The third kappa shape index (κ3) is 12.2. The van der Waals surface area contributed by atoms with Crippen LogP contribution in [-0.4, -0.2) is 85.0 Å². The molecule has 0 aliphatic rings. The smallest absolute Gasteiger partial charge is 0.324 e. The number of nitrogens with one attached hydrogen (secondary N) is 5. The number of thiazole rings is 2. The molecule has 0 aliphatic heterocycles. The maximum Gasteiger partial charge on any atom is 0.324 e. The molecule has 4 aromatic carbocycles. The molecule has 0 atom stereocenters. The van der Waals surface area contributed by atoms with Crippen LogP contribution in [0.3, 0.4) is 0 Å². The normalized spacial score (nSPS) is 11.8. The number of imidazole rings is 2. The average Bonchev–Trinajstić information content (AvgIpc) is 4.23. The fourth-order valence-electron chi connectivity index (χ4n) is 7.40. The SMILES string of the molecule is CC(C)(C)c1cc(NC(=O)Nc2ccc(-c3cn4c(n3)sc3cc(OCCCl)ccc34)cc2)no1.CC(C)(C)c1cc(NC(=O)Nc2ccc(-c3cn4c(n3)sc3cc(OCCNCCO)ccc34)cc2)no1. The summed E-state index contributed by atoms with van der Waals surface area (Å²) in [6, 6.07) is 29.7. The number of aromatic nitrogens is 6. The molecule has 73 heavy (non-hydrogen) atoms. The molecule has 0 fully saturated rings. The lowest BCUT2D eigenvalue weighted by Crippen LogP contribution is -2.23. The molecule has 6 aromatic heterocycles. The molecule has 10 rings (SSSR count). The molecule has 0 radical (unpaired) electrons. The Bertz CT molecular complexity index is 3510. The van der Waals surface area contributed by atoms with Crippen molar-refractivity contribution in [3.63, 3.8) is 0 Å². The zero-order valence-corrected chi connectivity index (χ0v) is 43.3. The number of fused-ring (bicyclic) bond motifs is 6. The summed E-state index contributed by atoms with van der Waals surface area (Å²) in [6.07, 6.45) is 4.03. The van der Waals surface area contributed by atoms with Gasteiger partial charge in [0.25, 0.3) is 0 Å². The fraction of sp³-hybridized carbons (Fsp3) is 0.269. The number of nitrogens with zero attached hydrogens (tertiary/aromatic N) is 6. The third-order valence-electron chi connectivity index (χ3n) is 11.2. The van der Waals surface area contributed by atoms with Gasteiger partial charge in [0.15, 0.2) is 21.6 Å². The van der Waals surface area contributed by atoms with Crippen molar-refractivity contribution in [1.82, 2.24) is 34.4 Å². The molecule has 0 unspecified atom stereocenters. The number of amides is 4. The van der Waals surface area contributed by atoms with Crippen LogP contribution in [0.5, 0.6) is 11.5 Å². The number of aliphatic hydroxyl groups is 1. The summed E-state index contributed by atoms with van der Waals surface area (Å²) >= 11 is 8.91. The van der Waals surface area contributed by atoms with Gasteiger partial charge in [-0.3, -0.25) is 19.4 Å². The third-order valence-corrected chi connectivity index (χ3v) is 13.4. The number of aliphatic hydroxyl groups excluding tert-OH is 1. The van der Waals surface area contributed by atoms with Crippen molar-refractivity contribution < 1.29 is 33.2 Å². The van der Waals surface area contributed by atoms with Gasteiger partial charge in [0.1, 0.15) is 36.2 Å². The van der Waals surface area contributed by atoms with Crippen molar-refractivity contribution in [3.8, 4) is 34.0 Å². The van der Waals surface area contributed by atoms with Crippen molar-refractivity contribution in [2.45, 2.75) is 52.4 Å². The van der Waals surface area contributed by atoms with Crippen molar-refractivity contribution in [1.29, 1.82) is 0 Å². The number of benzene rings is 4. The molecule has 378 valence electrons. The standard InChI is InChI=1S/C27H30N6O4S.C25H24ClN5O3S/c1-27(2,3)23-15-24(32-37-23)31-25(35)29-18-6-4-17(5-7-18)20-16-33-21-9-8-19(36-13-11-28-10-12-34)14-22(21)38-26(33)30-20;1-25(2,3)21-13-22(30-34-21)29-23(32)27-16-6-4-15(5-7-16)18-14-31-19-9-8-17(33-11-10-26)12-20(19)35-24(31)28-18/h4-9,14-16,28,34H,10-13H2,1-3H3,(H2,29,31,32,35);4-9,12-14H,10-11H2,1-3H3,(H2,27,29,30,32). The Balaban J connectivity index is 0.000000180. The summed E-state index contributed by atoms with van der Waals surface area (Å²) in [5.41, 5.74) is 6.66. The van der Waals surface area contributed by atoms with E-state index in [1.165, 1.54) is 0 Å². The van der Waals surface area contributed by atoms with Crippen molar-refractivity contribution >= 4 is 99.7 Å². The molecule has 18 nitrogen and oxygen atoms in total. The number of ether oxygens (including phenoxy) is 2. The van der Waals surface area contributed by atoms with E-state index in [0.717, 1.165) is 64.4 Å². The number of anilines is 4. The van der Waals surface area contributed by atoms with E-state index in [0.29, 0.717) is 66.7 Å². The van der Waals surface area contributed by atoms with Crippen molar-refractivity contribution in [2.75, 3.05) is 60.1 Å². The molecule has 4 amide bonds. The Kier molecular flexibility index (Phi) is 15.0. The topological polar surface area (TPSA) is 220 Å². The molecule has 6 N–H and O–H groups in total. The van der Waals surface area contributed by atoms with Gasteiger partial charge in [-0.05, 0) is 60.7 Å². The van der Waals surface area contributed by atoms with E-state index in [2.05, 4.69) is 45.7 Å². The number of hydrogen-bond acceptors (Lipinski definition) is 14. The maximum absolute atomic E-state index is 12.4. The fourth-order valence-corrected chi connectivity index (χ4v) is 9.55. The Morgan fingerprint density at radius 3 is 1.48 bits per heavy atom. The quantitative estimate of drug-likeness (QED) is 0.0417. The van der Waals surface area contributed by atoms with E-state index < -0.39 is 12.1 Å². The second-order valence-electron chi connectivity index (χ2n) is 18.8. The van der Waals surface area contributed by atoms with Crippen LogP contribution in [0.15, 0.2) is 119 Å². The van der Waals surface area contributed by atoms with Crippen LogP contribution in [0, 0.1) is 0 Å². The lowest BCUT2D eigenvalue weighted by atomic mass is 9.93. The second kappa shape index (κ2) is 21.7.